The lowest BCUT2D eigenvalue weighted by molar-refractivity contribution is -0.138. The molecule has 0 heterocycles. The summed E-state index contributed by atoms with van der Waals surface area (Å²) >= 11 is 0. The van der Waals surface area contributed by atoms with Crippen molar-refractivity contribution >= 4 is 12.0 Å². The van der Waals surface area contributed by atoms with Crippen molar-refractivity contribution in [3.63, 3.8) is 0 Å². The Labute approximate surface area is 90.2 Å². The zero-order valence-electron chi connectivity index (χ0n) is 9.76. The van der Waals surface area contributed by atoms with Crippen LogP contribution in [0.4, 0.5) is 4.79 Å². The van der Waals surface area contributed by atoms with Crippen LogP contribution < -0.4 is 10.6 Å². The molecule has 0 fully saturated rings. The average Bonchev–Trinajstić information content (AvgIpc) is 2.01. The van der Waals surface area contributed by atoms with Crippen LogP contribution in [0.5, 0.6) is 0 Å². The standard InChI is InChI=1S/C10H20N2O3/c1-7(8(13)14)12-9(15)11-6-5-10(2,3)4/h7H,5-6H2,1-4H3,(H,13,14)(H2,11,12,15). The van der Waals surface area contributed by atoms with E-state index >= 15 is 0 Å². The van der Waals surface area contributed by atoms with E-state index in [2.05, 4.69) is 31.4 Å². The smallest absolute Gasteiger partial charge is 0.325 e. The number of rotatable bonds is 4. The molecule has 0 aliphatic carbocycles. The molecule has 3 N–H and O–H groups in total. The largest absolute Gasteiger partial charge is 0.480 e. The number of nitrogens with one attached hydrogen (secondary N) is 2. The molecule has 0 radical (unpaired) electrons. The number of hydrogen-bond acceptors (Lipinski definition) is 2. The van der Waals surface area contributed by atoms with Crippen LogP contribution >= 0.6 is 0 Å². The van der Waals surface area contributed by atoms with E-state index in [1.165, 1.54) is 6.92 Å². The molecule has 5 heteroatoms. The lowest BCUT2D eigenvalue weighted by Gasteiger charge is -2.18. The van der Waals surface area contributed by atoms with E-state index in [4.69, 9.17) is 5.11 Å². The number of hydrogen-bond donors (Lipinski definition) is 3. The number of urea groups is 1. The minimum Gasteiger partial charge on any atom is -0.480 e. The second kappa shape index (κ2) is 5.58. The van der Waals surface area contributed by atoms with Crippen molar-refractivity contribution in [1.82, 2.24) is 10.6 Å². The van der Waals surface area contributed by atoms with Crippen molar-refractivity contribution in [1.29, 1.82) is 0 Å². The summed E-state index contributed by atoms with van der Waals surface area (Å²) in [6.07, 6.45) is 0.849. The average molecular weight is 216 g/mol. The highest BCUT2D eigenvalue weighted by atomic mass is 16.4. The topological polar surface area (TPSA) is 78.4 Å². The molecule has 0 aliphatic rings. The van der Waals surface area contributed by atoms with Gasteiger partial charge in [-0.25, -0.2) is 4.79 Å². The highest BCUT2D eigenvalue weighted by Crippen LogP contribution is 2.16. The van der Waals surface area contributed by atoms with Gasteiger partial charge in [0, 0.05) is 6.54 Å². The van der Waals surface area contributed by atoms with Gasteiger partial charge in [0.15, 0.2) is 0 Å². The third-order valence-corrected chi connectivity index (χ3v) is 1.88. The van der Waals surface area contributed by atoms with E-state index in [1.54, 1.807) is 0 Å². The fourth-order valence-electron chi connectivity index (χ4n) is 0.860. The molecule has 0 aliphatic heterocycles. The normalized spacial score (nSPS) is 13.1. The summed E-state index contributed by atoms with van der Waals surface area (Å²) in [6.45, 7) is 8.19. The van der Waals surface area contributed by atoms with Gasteiger partial charge in [0.2, 0.25) is 0 Å². The van der Waals surface area contributed by atoms with Crippen LogP contribution in [-0.4, -0.2) is 29.7 Å². The molecule has 5 nitrogen and oxygen atoms in total. The first-order valence-corrected chi connectivity index (χ1v) is 4.99. The Morgan fingerprint density at radius 3 is 2.27 bits per heavy atom. The van der Waals surface area contributed by atoms with E-state index in [-0.39, 0.29) is 5.41 Å². The summed E-state index contributed by atoms with van der Waals surface area (Å²) in [5.41, 5.74) is 0.158. The summed E-state index contributed by atoms with van der Waals surface area (Å²) in [7, 11) is 0. The Morgan fingerprint density at radius 2 is 1.87 bits per heavy atom. The van der Waals surface area contributed by atoms with Crippen LogP contribution in [0.15, 0.2) is 0 Å². The predicted octanol–water partition coefficient (Wildman–Crippen LogP) is 1.19. The summed E-state index contributed by atoms with van der Waals surface area (Å²) in [5, 5.41) is 13.5. The number of carboxylic acids is 1. The Morgan fingerprint density at radius 1 is 1.33 bits per heavy atom. The second-order valence-corrected chi connectivity index (χ2v) is 4.77. The maximum absolute atomic E-state index is 11.2. The minimum atomic E-state index is -1.04. The fourth-order valence-corrected chi connectivity index (χ4v) is 0.860. The summed E-state index contributed by atoms with van der Waals surface area (Å²) < 4.78 is 0. The molecule has 0 aromatic rings. The molecular formula is C10H20N2O3. The van der Waals surface area contributed by atoms with Gasteiger partial charge in [-0.15, -0.1) is 0 Å². The minimum absolute atomic E-state index is 0.158. The molecule has 0 rings (SSSR count). The molecule has 1 unspecified atom stereocenters. The fraction of sp³-hybridized carbons (Fsp3) is 0.800. The van der Waals surface area contributed by atoms with Crippen molar-refractivity contribution in [3.05, 3.63) is 0 Å². The maximum atomic E-state index is 11.2. The molecule has 0 aromatic heterocycles. The van der Waals surface area contributed by atoms with Crippen LogP contribution in [0.2, 0.25) is 0 Å². The van der Waals surface area contributed by atoms with Gasteiger partial charge in [-0.1, -0.05) is 20.8 Å². The molecule has 0 aromatic carbocycles. The van der Waals surface area contributed by atoms with E-state index in [0.29, 0.717) is 6.54 Å². The first kappa shape index (κ1) is 13.7. The Bertz CT molecular complexity index is 233. The van der Waals surface area contributed by atoms with Crippen molar-refractivity contribution in [2.45, 2.75) is 40.2 Å². The molecule has 88 valence electrons. The van der Waals surface area contributed by atoms with Crippen LogP contribution in [0.3, 0.4) is 0 Å². The third-order valence-electron chi connectivity index (χ3n) is 1.88. The Kier molecular flexibility index (Phi) is 5.11. The first-order valence-electron chi connectivity index (χ1n) is 4.99. The van der Waals surface area contributed by atoms with Crippen molar-refractivity contribution in [2.75, 3.05) is 6.54 Å². The predicted molar refractivity (Wildman–Crippen MR) is 57.7 cm³/mol. The summed E-state index contributed by atoms with van der Waals surface area (Å²) in [5.74, 6) is -1.04. The Balaban J connectivity index is 3.72. The van der Waals surface area contributed by atoms with Gasteiger partial charge in [-0.3, -0.25) is 4.79 Å². The SMILES string of the molecule is CC(NC(=O)NCCC(C)(C)C)C(=O)O. The number of aliphatic carboxylic acids is 1. The van der Waals surface area contributed by atoms with Crippen molar-refractivity contribution in [3.8, 4) is 0 Å². The maximum Gasteiger partial charge on any atom is 0.325 e. The van der Waals surface area contributed by atoms with Gasteiger partial charge in [0.05, 0.1) is 0 Å². The number of carbonyl (C=O) groups excluding carboxylic acids is 1. The molecule has 1 atom stereocenters. The molecule has 2 amide bonds. The second-order valence-electron chi connectivity index (χ2n) is 4.77. The van der Waals surface area contributed by atoms with Gasteiger partial charge >= 0.3 is 12.0 Å². The molecule has 0 saturated heterocycles. The quantitative estimate of drug-likeness (QED) is 0.660. The lowest BCUT2D eigenvalue weighted by atomic mass is 9.92. The van der Waals surface area contributed by atoms with Gasteiger partial charge in [0.25, 0.3) is 0 Å². The number of carbonyl (C=O) groups is 2. The zero-order chi connectivity index (χ0) is 12.1. The van der Waals surface area contributed by atoms with E-state index < -0.39 is 18.0 Å². The van der Waals surface area contributed by atoms with Gasteiger partial charge in [-0.2, -0.15) is 0 Å². The van der Waals surface area contributed by atoms with Gasteiger partial charge in [0.1, 0.15) is 6.04 Å². The Hall–Kier alpha value is -1.26. The van der Waals surface area contributed by atoms with Crippen LogP contribution in [0.1, 0.15) is 34.1 Å². The van der Waals surface area contributed by atoms with Crippen molar-refractivity contribution < 1.29 is 14.7 Å². The monoisotopic (exact) mass is 216 g/mol. The highest BCUT2D eigenvalue weighted by molar-refractivity contribution is 5.82. The van der Waals surface area contributed by atoms with Crippen LogP contribution in [0, 0.1) is 5.41 Å². The highest BCUT2D eigenvalue weighted by Gasteiger charge is 2.14. The number of carboxylic acid groups (broad SMARTS) is 1. The number of amides is 2. The third kappa shape index (κ3) is 7.78. The first-order chi connectivity index (χ1) is 6.72. The molecule has 15 heavy (non-hydrogen) atoms. The summed E-state index contributed by atoms with van der Waals surface area (Å²) in [4.78, 5) is 21.6. The molecule has 0 saturated carbocycles. The van der Waals surface area contributed by atoms with E-state index in [9.17, 15) is 9.59 Å². The van der Waals surface area contributed by atoms with Crippen LogP contribution in [-0.2, 0) is 4.79 Å². The van der Waals surface area contributed by atoms with Crippen LogP contribution in [0.25, 0.3) is 0 Å². The zero-order valence-corrected chi connectivity index (χ0v) is 9.76. The van der Waals surface area contributed by atoms with Gasteiger partial charge < -0.3 is 15.7 Å². The summed E-state index contributed by atoms with van der Waals surface area (Å²) in [6, 6.07) is -1.30. The van der Waals surface area contributed by atoms with E-state index in [1.807, 2.05) is 0 Å². The van der Waals surface area contributed by atoms with E-state index in [0.717, 1.165) is 6.42 Å². The lowest BCUT2D eigenvalue weighted by Crippen LogP contribution is -2.44. The van der Waals surface area contributed by atoms with Crippen molar-refractivity contribution in [2.24, 2.45) is 5.41 Å². The molecule has 0 bridgehead atoms. The molecular weight excluding hydrogens is 196 g/mol. The molecule has 0 spiro atoms. The van der Waals surface area contributed by atoms with Gasteiger partial charge in [-0.05, 0) is 18.8 Å².